The molecule has 1 fully saturated rings. The first-order valence-corrected chi connectivity index (χ1v) is 13.4. The van der Waals surface area contributed by atoms with E-state index in [-0.39, 0.29) is 4.21 Å². The molecule has 1 aliphatic heterocycles. The van der Waals surface area contributed by atoms with Crippen molar-refractivity contribution in [3.63, 3.8) is 0 Å². The van der Waals surface area contributed by atoms with Crippen molar-refractivity contribution in [1.82, 2.24) is 4.72 Å². The van der Waals surface area contributed by atoms with E-state index in [1.165, 1.54) is 6.07 Å². The summed E-state index contributed by atoms with van der Waals surface area (Å²) >= 11 is 6.03. The fraction of sp³-hybridized carbons (Fsp3) is 0.150. The number of hydrogen-bond acceptors (Lipinski definition) is 4. The van der Waals surface area contributed by atoms with Crippen LogP contribution in [0.25, 0.3) is 10.4 Å². The summed E-state index contributed by atoms with van der Waals surface area (Å²) in [5.41, 5.74) is 1.69. The third-order valence-electron chi connectivity index (χ3n) is 4.80. The van der Waals surface area contributed by atoms with E-state index in [9.17, 15) is 18.3 Å². The van der Waals surface area contributed by atoms with E-state index in [1.807, 2.05) is 49.4 Å². The third kappa shape index (κ3) is 3.61. The van der Waals surface area contributed by atoms with Gasteiger partial charge in [0.15, 0.2) is 0 Å². The van der Waals surface area contributed by atoms with Gasteiger partial charge in [0.2, 0.25) is 0 Å². The molecule has 0 bridgehead atoms. The summed E-state index contributed by atoms with van der Waals surface area (Å²) in [6, 6.07) is 19.6. The first-order chi connectivity index (χ1) is 13.7. The Balaban J connectivity index is 1.65. The Kier molecular flexibility index (Phi) is 5.27. The zero-order valence-corrected chi connectivity index (χ0v) is 19.6. The maximum absolute atomic E-state index is 13.0. The number of carboxylic acids is 1. The summed E-state index contributed by atoms with van der Waals surface area (Å²) in [5.74, 6) is -1.13. The molecule has 0 radical (unpaired) electrons. The third-order valence-corrected chi connectivity index (χ3v) is 13.1. The molecule has 1 aromatic heterocycles. The van der Waals surface area contributed by atoms with Crippen LogP contribution in [0.1, 0.15) is 12.5 Å². The van der Waals surface area contributed by atoms with Gasteiger partial charge in [-0.05, 0) is 0 Å². The number of benzene rings is 2. The Morgan fingerprint density at radius 2 is 1.72 bits per heavy atom. The van der Waals surface area contributed by atoms with Crippen molar-refractivity contribution in [1.29, 1.82) is 0 Å². The number of aliphatic carboxylic acids is 1. The number of hydrogen-bond donors (Lipinski definition) is 2. The summed E-state index contributed by atoms with van der Waals surface area (Å²) in [7, 11) is -3.99. The zero-order chi connectivity index (χ0) is 20.9. The van der Waals surface area contributed by atoms with Crippen LogP contribution < -0.4 is 25.9 Å². The van der Waals surface area contributed by atoms with Crippen LogP contribution in [0, 0.1) is 0 Å². The van der Waals surface area contributed by atoms with E-state index in [4.69, 9.17) is 11.6 Å². The Hall–Kier alpha value is -1.46. The van der Waals surface area contributed by atoms with Gasteiger partial charge in [-0.25, -0.2) is 0 Å². The molecule has 2 heterocycles. The molecule has 0 saturated carbocycles. The van der Waals surface area contributed by atoms with Crippen molar-refractivity contribution >= 4 is 38.9 Å². The van der Waals surface area contributed by atoms with Crippen molar-refractivity contribution in [2.24, 2.45) is 0 Å². The van der Waals surface area contributed by atoms with E-state index in [0.717, 1.165) is 27.3 Å². The molecule has 4 rings (SSSR count). The molecule has 2 aromatic carbocycles. The monoisotopic (exact) mass is 560 g/mol. The second-order valence-corrected chi connectivity index (χ2v) is 14.4. The number of rotatable bonds is 6. The van der Waals surface area contributed by atoms with Gasteiger partial charge in [-0.2, -0.15) is 0 Å². The van der Waals surface area contributed by atoms with E-state index >= 15 is 0 Å². The number of halogens is 2. The topological polar surface area (TPSA) is 83.5 Å². The molecular weight excluding hydrogens is 545 g/mol. The number of carboxylic acid groups (broad SMARTS) is 1. The van der Waals surface area contributed by atoms with E-state index in [0.29, 0.717) is 5.02 Å². The van der Waals surface area contributed by atoms with Crippen LogP contribution in [0.2, 0.25) is 5.02 Å². The van der Waals surface area contributed by atoms with Gasteiger partial charge in [0.05, 0.1) is 0 Å². The average molecular weight is 561 g/mol. The molecule has 0 spiro atoms. The van der Waals surface area contributed by atoms with Crippen molar-refractivity contribution in [2.75, 3.05) is 0 Å². The molecule has 29 heavy (non-hydrogen) atoms. The van der Waals surface area contributed by atoms with Crippen LogP contribution in [0.4, 0.5) is 0 Å². The molecule has 5 nitrogen and oxygen atoms in total. The SMILES string of the molecule is C[C@]1(c2ccccc2)[I-][C@@]1(NS(=O)(=O)c1ccc(-c2ccc(Cl)cc2)s1)C(=O)O. The van der Waals surface area contributed by atoms with Gasteiger partial charge in [-0.1, -0.05) is 0 Å². The fourth-order valence-electron chi connectivity index (χ4n) is 3.13. The summed E-state index contributed by atoms with van der Waals surface area (Å²) in [6.07, 6.45) is 0. The molecule has 0 aliphatic carbocycles. The maximum atomic E-state index is 13.0. The Bertz CT molecular complexity index is 1180. The van der Waals surface area contributed by atoms with Gasteiger partial charge >= 0.3 is 189 Å². The predicted molar refractivity (Wildman–Crippen MR) is 109 cm³/mol. The number of alkyl halides is 2. The van der Waals surface area contributed by atoms with Crippen molar-refractivity contribution < 1.29 is 39.5 Å². The van der Waals surface area contributed by atoms with Crippen LogP contribution in [-0.2, 0) is 18.2 Å². The molecule has 1 aliphatic rings. The normalized spacial score (nSPS) is 23.9. The van der Waals surface area contributed by atoms with Gasteiger partial charge in [-0.15, -0.1) is 0 Å². The summed E-state index contributed by atoms with van der Waals surface area (Å²) in [5, 5.41) is 10.5. The van der Waals surface area contributed by atoms with Gasteiger partial charge in [0.1, 0.15) is 0 Å². The summed E-state index contributed by atoms with van der Waals surface area (Å²) < 4.78 is 26.5. The first-order valence-electron chi connectivity index (χ1n) is 8.54. The Morgan fingerprint density at radius 3 is 2.34 bits per heavy atom. The van der Waals surface area contributed by atoms with Crippen LogP contribution in [0.5, 0.6) is 0 Å². The second-order valence-electron chi connectivity index (χ2n) is 6.66. The minimum atomic E-state index is -3.99. The molecule has 2 N–H and O–H groups in total. The van der Waals surface area contributed by atoms with Gasteiger partial charge in [0.25, 0.3) is 0 Å². The number of nitrogens with one attached hydrogen (secondary N) is 1. The minimum absolute atomic E-state index is 0.0920. The standard InChI is InChI=1S/C20H16ClINO4S2/c1-19(14-5-3-2-4-6-14)20(22-19,18(24)25)23-29(26,27)17-12-11-16(28-17)13-7-9-15(21)10-8-13/h2-12,23H,1H3,(H,24,25)/q-1/t19-,20-/m1/s1. The molecule has 0 unspecified atom stereocenters. The van der Waals surface area contributed by atoms with Crippen LogP contribution in [-0.4, -0.2) is 23.0 Å². The van der Waals surface area contributed by atoms with Crippen LogP contribution in [0.15, 0.2) is 70.9 Å². The number of carbonyl (C=O) groups is 1. The van der Waals surface area contributed by atoms with Crippen LogP contribution >= 0.6 is 22.9 Å². The quantitative estimate of drug-likeness (QED) is 0.269. The molecule has 152 valence electrons. The molecule has 3 aromatic rings. The molecule has 2 atom stereocenters. The summed E-state index contributed by atoms with van der Waals surface area (Å²) in [4.78, 5) is 12.9. The zero-order valence-electron chi connectivity index (χ0n) is 15.1. The fourth-order valence-corrected chi connectivity index (χ4v) is 10.3. The number of sulfonamides is 1. The van der Waals surface area contributed by atoms with E-state index in [2.05, 4.69) is 4.72 Å². The van der Waals surface area contributed by atoms with Gasteiger partial charge < -0.3 is 0 Å². The average Bonchev–Trinajstić information content (AvgIpc) is 3.05. The van der Waals surface area contributed by atoms with Gasteiger partial charge in [0, 0.05) is 0 Å². The van der Waals surface area contributed by atoms with Gasteiger partial charge in [-0.3, -0.25) is 0 Å². The molecule has 0 amide bonds. The van der Waals surface area contributed by atoms with E-state index in [1.54, 1.807) is 18.2 Å². The molecular formula is C20H16ClINO4S2-. The Morgan fingerprint density at radius 1 is 1.07 bits per heavy atom. The van der Waals surface area contributed by atoms with Crippen molar-refractivity contribution in [2.45, 2.75) is 18.1 Å². The predicted octanol–water partition coefficient (Wildman–Crippen LogP) is 1.15. The molecule has 1 saturated heterocycles. The Labute approximate surface area is 188 Å². The number of thiophene rings is 1. The van der Waals surface area contributed by atoms with Crippen LogP contribution in [0.3, 0.4) is 0 Å². The van der Waals surface area contributed by atoms with E-state index < -0.39 is 44.2 Å². The van der Waals surface area contributed by atoms with Crippen molar-refractivity contribution in [3.8, 4) is 10.4 Å². The second kappa shape index (κ2) is 7.35. The molecule has 9 heteroatoms. The summed E-state index contributed by atoms with van der Waals surface area (Å²) in [6.45, 7) is 1.82. The first kappa shape index (κ1) is 20.8. The van der Waals surface area contributed by atoms with Crippen molar-refractivity contribution in [3.05, 3.63) is 77.3 Å².